The minimum absolute atomic E-state index is 0.132. The third-order valence-electron chi connectivity index (χ3n) is 2.93. The molecule has 1 aromatic carbocycles. The van der Waals surface area contributed by atoms with Gasteiger partial charge in [0, 0.05) is 10.7 Å². The molecule has 2 aromatic rings. The van der Waals surface area contributed by atoms with Gasteiger partial charge in [0.05, 0.1) is 5.56 Å². The molecule has 1 heterocycles. The molecule has 0 aliphatic heterocycles. The molecule has 0 radical (unpaired) electrons. The molecule has 0 atom stereocenters. The van der Waals surface area contributed by atoms with Crippen molar-refractivity contribution in [1.29, 1.82) is 0 Å². The van der Waals surface area contributed by atoms with Gasteiger partial charge in [-0.25, -0.2) is 9.78 Å². The number of aromatic nitrogens is 1. The Morgan fingerprint density at radius 1 is 1.29 bits per heavy atom. The molecule has 2 rings (SSSR count). The highest BCUT2D eigenvalue weighted by atomic mass is 79.9. The third-order valence-corrected chi connectivity index (χ3v) is 3.42. The van der Waals surface area contributed by atoms with Gasteiger partial charge in [0.1, 0.15) is 12.3 Å². The fraction of sp³-hybridized carbons (Fsp3) is 0.133. The predicted octanol–water partition coefficient (Wildman–Crippen LogP) is 2.61. The number of aryl methyl sites for hydroxylation is 1. The van der Waals surface area contributed by atoms with Gasteiger partial charge < -0.3 is 10.5 Å². The fourth-order valence-electron chi connectivity index (χ4n) is 1.67. The highest BCUT2D eigenvalue weighted by molar-refractivity contribution is 9.10. The molecule has 0 fully saturated rings. The van der Waals surface area contributed by atoms with Crippen LogP contribution in [0.5, 0.6) is 0 Å². The first-order valence-electron chi connectivity index (χ1n) is 6.15. The Bertz CT molecular complexity index is 684. The second kappa shape index (κ2) is 6.49. The average Bonchev–Trinajstić information content (AvgIpc) is 2.48. The Balaban J connectivity index is 2.04. The highest BCUT2D eigenvalue weighted by Crippen LogP contribution is 2.17. The van der Waals surface area contributed by atoms with Gasteiger partial charge in [0.25, 0.3) is 0 Å². The molecule has 0 aliphatic carbocycles. The van der Waals surface area contributed by atoms with Gasteiger partial charge in [-0.15, -0.1) is 0 Å². The number of rotatable bonds is 4. The van der Waals surface area contributed by atoms with Crippen LogP contribution in [0.15, 0.2) is 41.0 Å². The maximum absolute atomic E-state index is 11.9. The van der Waals surface area contributed by atoms with Crippen molar-refractivity contribution in [3.8, 4) is 0 Å². The Hall–Kier alpha value is -2.21. The summed E-state index contributed by atoms with van der Waals surface area (Å²) in [6.45, 7) is 2.10. The molecule has 0 saturated carbocycles. The van der Waals surface area contributed by atoms with Gasteiger partial charge in [-0.1, -0.05) is 22.0 Å². The summed E-state index contributed by atoms with van der Waals surface area (Å²) < 4.78 is 6.13. The molecule has 21 heavy (non-hydrogen) atoms. The van der Waals surface area contributed by atoms with Crippen molar-refractivity contribution >= 4 is 27.8 Å². The van der Waals surface area contributed by atoms with Gasteiger partial charge in [-0.2, -0.15) is 0 Å². The first kappa shape index (κ1) is 15.2. The van der Waals surface area contributed by atoms with Crippen molar-refractivity contribution < 1.29 is 14.3 Å². The van der Waals surface area contributed by atoms with Crippen LogP contribution >= 0.6 is 15.9 Å². The summed E-state index contributed by atoms with van der Waals surface area (Å²) in [6.07, 6.45) is 1.25. The molecule has 1 aromatic heterocycles. The minimum Gasteiger partial charge on any atom is -0.456 e. The van der Waals surface area contributed by atoms with E-state index in [0.717, 1.165) is 15.6 Å². The zero-order valence-electron chi connectivity index (χ0n) is 11.3. The first-order chi connectivity index (χ1) is 9.97. The van der Waals surface area contributed by atoms with Crippen LogP contribution in [0.1, 0.15) is 32.0 Å². The van der Waals surface area contributed by atoms with E-state index in [1.807, 2.05) is 25.1 Å². The lowest BCUT2D eigenvalue weighted by atomic mass is 10.1. The standard InChI is InChI=1S/C15H13BrN2O3/c1-9-2-4-12(16)6-11(9)8-21-15(20)13-5-3-10(7-18-13)14(17)19/h2-7H,8H2,1H3,(H2,17,19). The van der Waals surface area contributed by atoms with Gasteiger partial charge in [-0.05, 0) is 42.3 Å². The molecular weight excluding hydrogens is 336 g/mol. The lowest BCUT2D eigenvalue weighted by Gasteiger charge is -2.08. The number of hydrogen-bond acceptors (Lipinski definition) is 4. The molecule has 0 aliphatic rings. The minimum atomic E-state index is -0.591. The van der Waals surface area contributed by atoms with E-state index in [1.165, 1.54) is 18.3 Å². The van der Waals surface area contributed by atoms with E-state index >= 15 is 0 Å². The smallest absolute Gasteiger partial charge is 0.357 e. The summed E-state index contributed by atoms with van der Waals surface area (Å²) in [4.78, 5) is 26.7. The number of nitrogens with zero attached hydrogens (tertiary/aromatic N) is 1. The summed E-state index contributed by atoms with van der Waals surface area (Å²) in [5.41, 5.74) is 7.42. The van der Waals surface area contributed by atoms with Crippen molar-refractivity contribution in [1.82, 2.24) is 4.98 Å². The summed E-state index contributed by atoms with van der Waals surface area (Å²) in [5.74, 6) is -1.14. The van der Waals surface area contributed by atoms with Crippen LogP contribution in [-0.2, 0) is 11.3 Å². The SMILES string of the molecule is Cc1ccc(Br)cc1COC(=O)c1ccc(C(N)=O)cn1. The fourth-order valence-corrected chi connectivity index (χ4v) is 2.08. The second-order valence-corrected chi connectivity index (χ2v) is 5.36. The molecular formula is C15H13BrN2O3. The zero-order chi connectivity index (χ0) is 15.4. The zero-order valence-corrected chi connectivity index (χ0v) is 12.9. The van der Waals surface area contributed by atoms with Crippen LogP contribution in [0.4, 0.5) is 0 Å². The van der Waals surface area contributed by atoms with Gasteiger partial charge in [0.2, 0.25) is 5.91 Å². The van der Waals surface area contributed by atoms with Crippen molar-refractivity contribution in [3.63, 3.8) is 0 Å². The number of esters is 1. The van der Waals surface area contributed by atoms with Gasteiger partial charge in [-0.3, -0.25) is 4.79 Å². The van der Waals surface area contributed by atoms with Crippen LogP contribution in [0, 0.1) is 6.92 Å². The molecule has 1 amide bonds. The highest BCUT2D eigenvalue weighted by Gasteiger charge is 2.11. The number of hydrogen-bond donors (Lipinski definition) is 1. The largest absolute Gasteiger partial charge is 0.456 e. The van der Waals surface area contributed by atoms with E-state index in [4.69, 9.17) is 10.5 Å². The summed E-state index contributed by atoms with van der Waals surface area (Å²) >= 11 is 3.37. The monoisotopic (exact) mass is 348 g/mol. The lowest BCUT2D eigenvalue weighted by Crippen LogP contribution is -2.13. The number of ether oxygens (including phenoxy) is 1. The molecule has 5 nitrogen and oxygen atoms in total. The van der Waals surface area contributed by atoms with E-state index in [-0.39, 0.29) is 17.9 Å². The Kier molecular flexibility index (Phi) is 4.70. The van der Waals surface area contributed by atoms with E-state index < -0.39 is 11.9 Å². The quantitative estimate of drug-likeness (QED) is 0.861. The van der Waals surface area contributed by atoms with E-state index in [2.05, 4.69) is 20.9 Å². The van der Waals surface area contributed by atoms with E-state index in [9.17, 15) is 9.59 Å². The van der Waals surface area contributed by atoms with Crippen LogP contribution < -0.4 is 5.73 Å². The maximum atomic E-state index is 11.9. The molecule has 0 saturated heterocycles. The molecule has 108 valence electrons. The molecule has 0 unspecified atom stereocenters. The summed E-state index contributed by atoms with van der Waals surface area (Å²) in [5, 5.41) is 0. The van der Waals surface area contributed by atoms with Crippen molar-refractivity contribution in [2.24, 2.45) is 5.73 Å². The molecule has 0 bridgehead atoms. The third kappa shape index (κ3) is 3.88. The number of nitrogens with two attached hydrogens (primary N) is 1. The number of carbonyl (C=O) groups excluding carboxylic acids is 2. The molecule has 6 heteroatoms. The van der Waals surface area contributed by atoms with Crippen molar-refractivity contribution in [2.75, 3.05) is 0 Å². The topological polar surface area (TPSA) is 82.3 Å². The van der Waals surface area contributed by atoms with Crippen LogP contribution in [0.2, 0.25) is 0 Å². The number of amides is 1. The average molecular weight is 349 g/mol. The number of pyridine rings is 1. The second-order valence-electron chi connectivity index (χ2n) is 4.44. The Morgan fingerprint density at radius 2 is 2.05 bits per heavy atom. The number of carbonyl (C=O) groups is 2. The van der Waals surface area contributed by atoms with Gasteiger partial charge in [0.15, 0.2) is 0 Å². The summed E-state index contributed by atoms with van der Waals surface area (Å²) in [7, 11) is 0. The van der Waals surface area contributed by atoms with Crippen LogP contribution in [-0.4, -0.2) is 16.9 Å². The summed E-state index contributed by atoms with van der Waals surface area (Å²) in [6, 6.07) is 8.61. The van der Waals surface area contributed by atoms with Crippen LogP contribution in [0.3, 0.4) is 0 Å². The van der Waals surface area contributed by atoms with Crippen LogP contribution in [0.25, 0.3) is 0 Å². The Labute approximate surface area is 130 Å². The van der Waals surface area contributed by atoms with Gasteiger partial charge >= 0.3 is 5.97 Å². The molecule has 0 spiro atoms. The van der Waals surface area contributed by atoms with E-state index in [0.29, 0.717) is 0 Å². The molecule has 2 N–H and O–H groups in total. The number of benzene rings is 1. The number of halogens is 1. The van der Waals surface area contributed by atoms with Crippen molar-refractivity contribution in [2.45, 2.75) is 13.5 Å². The maximum Gasteiger partial charge on any atom is 0.357 e. The number of primary amides is 1. The first-order valence-corrected chi connectivity index (χ1v) is 6.94. The predicted molar refractivity (Wildman–Crippen MR) is 80.8 cm³/mol. The lowest BCUT2D eigenvalue weighted by molar-refractivity contribution is 0.0464. The van der Waals surface area contributed by atoms with E-state index in [1.54, 1.807) is 0 Å². The Morgan fingerprint density at radius 3 is 2.67 bits per heavy atom. The normalized spacial score (nSPS) is 10.2. The van der Waals surface area contributed by atoms with Crippen molar-refractivity contribution in [3.05, 3.63) is 63.4 Å².